The summed E-state index contributed by atoms with van der Waals surface area (Å²) in [5.41, 5.74) is 2.06. The average Bonchev–Trinajstić information content (AvgIpc) is 3.01. The zero-order chi connectivity index (χ0) is 15.9. The molecule has 0 fully saturated rings. The molecule has 1 aromatic carbocycles. The van der Waals surface area contributed by atoms with E-state index in [2.05, 4.69) is 15.5 Å². The molecule has 2 heterocycles. The van der Waals surface area contributed by atoms with Crippen molar-refractivity contribution in [2.24, 2.45) is 0 Å². The normalized spacial score (nSPS) is 14.8. The summed E-state index contributed by atoms with van der Waals surface area (Å²) in [7, 11) is -3.59. The predicted octanol–water partition coefficient (Wildman–Crippen LogP) is 1.38. The minimum atomic E-state index is -3.59. The van der Waals surface area contributed by atoms with E-state index in [0.717, 1.165) is 0 Å². The Balaban J connectivity index is 1.91. The number of sulfonamides is 1. The summed E-state index contributed by atoms with van der Waals surface area (Å²) in [6, 6.07) is 6.88. The number of nitrogens with zero attached hydrogens (tertiary/aromatic N) is 2. The van der Waals surface area contributed by atoms with Crippen molar-refractivity contribution in [1.29, 1.82) is 0 Å². The first kappa shape index (κ1) is 14.7. The molecule has 0 unspecified atom stereocenters. The molecule has 2 aromatic rings. The van der Waals surface area contributed by atoms with E-state index in [4.69, 9.17) is 0 Å². The second-order valence-electron chi connectivity index (χ2n) is 5.24. The van der Waals surface area contributed by atoms with Crippen LogP contribution in [0, 0.1) is 6.92 Å². The quantitative estimate of drug-likeness (QED) is 0.893. The van der Waals surface area contributed by atoms with Crippen LogP contribution in [0.15, 0.2) is 29.2 Å². The first-order valence-corrected chi connectivity index (χ1v) is 8.23. The number of carbonyl (C=O) groups excluding carboxylic acids is 1. The lowest BCUT2D eigenvalue weighted by Crippen LogP contribution is -2.26. The molecular weight excluding hydrogens is 304 g/mol. The Morgan fingerprint density at radius 1 is 1.32 bits per heavy atom. The number of carbonyl (C=O) groups is 1. The van der Waals surface area contributed by atoms with Gasteiger partial charge >= 0.3 is 0 Å². The highest BCUT2D eigenvalue weighted by Gasteiger charge is 2.34. The van der Waals surface area contributed by atoms with Gasteiger partial charge in [0.15, 0.2) is 0 Å². The third kappa shape index (κ3) is 2.40. The minimum absolute atomic E-state index is 0.193. The molecular formula is C14H16N4O3S. The summed E-state index contributed by atoms with van der Waals surface area (Å²) in [6.45, 7) is 3.55. The fourth-order valence-electron chi connectivity index (χ4n) is 2.54. The maximum atomic E-state index is 12.8. The monoisotopic (exact) mass is 320 g/mol. The van der Waals surface area contributed by atoms with Gasteiger partial charge in [0.2, 0.25) is 15.9 Å². The summed E-state index contributed by atoms with van der Waals surface area (Å²) in [4.78, 5) is 11.5. The number of hydrogen-bond donors (Lipinski definition) is 2. The van der Waals surface area contributed by atoms with Gasteiger partial charge in [-0.15, -0.1) is 0 Å². The molecule has 0 radical (unpaired) electrons. The average molecular weight is 320 g/mol. The molecule has 3 rings (SSSR count). The third-order valence-corrected chi connectivity index (χ3v) is 5.58. The van der Waals surface area contributed by atoms with Crippen molar-refractivity contribution in [3.05, 3.63) is 41.1 Å². The first-order chi connectivity index (χ1) is 10.4. The lowest BCUT2D eigenvalue weighted by molar-refractivity contribution is -0.114. The third-order valence-electron chi connectivity index (χ3n) is 3.63. The summed E-state index contributed by atoms with van der Waals surface area (Å²) >= 11 is 0. The Kier molecular flexibility index (Phi) is 3.50. The van der Waals surface area contributed by atoms with E-state index in [1.807, 2.05) is 0 Å². The number of aromatic amines is 1. The highest BCUT2D eigenvalue weighted by atomic mass is 32.2. The summed E-state index contributed by atoms with van der Waals surface area (Å²) in [5, 5.41) is 9.44. The molecule has 7 nitrogen and oxygen atoms in total. The second-order valence-corrected chi connectivity index (χ2v) is 7.15. The van der Waals surface area contributed by atoms with E-state index >= 15 is 0 Å². The van der Waals surface area contributed by atoms with E-state index in [0.29, 0.717) is 27.5 Å². The number of fused-ring (bicyclic) bond motifs is 1. The Morgan fingerprint density at radius 3 is 2.73 bits per heavy atom. The number of anilines is 1. The topological polar surface area (TPSA) is 95.2 Å². The van der Waals surface area contributed by atoms with Gasteiger partial charge in [0.1, 0.15) is 5.82 Å². The lowest BCUT2D eigenvalue weighted by Gasteiger charge is -2.17. The van der Waals surface area contributed by atoms with Crippen LogP contribution >= 0.6 is 0 Å². The highest BCUT2D eigenvalue weighted by Crippen LogP contribution is 2.32. The largest absolute Gasteiger partial charge is 0.311 e. The lowest BCUT2D eigenvalue weighted by atomic mass is 10.2. The van der Waals surface area contributed by atoms with Gasteiger partial charge in [0.05, 0.1) is 17.1 Å². The number of amides is 1. The number of aromatic nitrogens is 2. The molecule has 116 valence electrons. The number of benzene rings is 1. The van der Waals surface area contributed by atoms with Gasteiger partial charge in [0.25, 0.3) is 0 Å². The molecule has 8 heteroatoms. The summed E-state index contributed by atoms with van der Waals surface area (Å²) in [6.07, 6.45) is 0. The Morgan fingerprint density at radius 2 is 2.05 bits per heavy atom. The van der Waals surface area contributed by atoms with Gasteiger partial charge in [-0.2, -0.15) is 9.40 Å². The molecule has 0 bridgehead atoms. The van der Waals surface area contributed by atoms with Crippen molar-refractivity contribution in [1.82, 2.24) is 14.5 Å². The van der Waals surface area contributed by atoms with Gasteiger partial charge in [-0.05, 0) is 18.6 Å². The number of aryl methyl sites for hydroxylation is 1. The van der Waals surface area contributed by atoms with E-state index in [-0.39, 0.29) is 19.0 Å². The van der Waals surface area contributed by atoms with Gasteiger partial charge in [-0.25, -0.2) is 8.42 Å². The van der Waals surface area contributed by atoms with Crippen LogP contribution in [0.2, 0.25) is 0 Å². The van der Waals surface area contributed by atoms with Crippen molar-refractivity contribution in [2.75, 3.05) is 5.32 Å². The zero-order valence-corrected chi connectivity index (χ0v) is 13.1. The van der Waals surface area contributed by atoms with E-state index < -0.39 is 10.0 Å². The van der Waals surface area contributed by atoms with Crippen molar-refractivity contribution in [3.63, 3.8) is 0 Å². The SMILES string of the molecule is CC(=O)Nc1[nH]nc2c1CN(S(=O)(=O)c1ccccc1C)C2. The van der Waals surface area contributed by atoms with Crippen molar-refractivity contribution in [2.45, 2.75) is 31.8 Å². The van der Waals surface area contributed by atoms with Gasteiger partial charge in [0, 0.05) is 19.0 Å². The predicted molar refractivity (Wildman–Crippen MR) is 80.5 cm³/mol. The molecule has 0 spiro atoms. The summed E-state index contributed by atoms with van der Waals surface area (Å²) < 4.78 is 26.9. The number of H-pyrrole nitrogens is 1. The molecule has 1 aromatic heterocycles. The maximum absolute atomic E-state index is 12.8. The fourth-order valence-corrected chi connectivity index (χ4v) is 4.13. The van der Waals surface area contributed by atoms with Crippen LogP contribution in [0.25, 0.3) is 0 Å². The van der Waals surface area contributed by atoms with Gasteiger partial charge in [-0.3, -0.25) is 9.89 Å². The maximum Gasteiger partial charge on any atom is 0.244 e. The molecule has 22 heavy (non-hydrogen) atoms. The summed E-state index contributed by atoms with van der Waals surface area (Å²) in [5.74, 6) is 0.233. The number of rotatable bonds is 3. The van der Waals surface area contributed by atoms with Gasteiger partial charge in [-0.1, -0.05) is 18.2 Å². The van der Waals surface area contributed by atoms with Crippen LogP contribution in [-0.2, 0) is 27.9 Å². The molecule has 2 N–H and O–H groups in total. The smallest absolute Gasteiger partial charge is 0.244 e. The van der Waals surface area contributed by atoms with Crippen LogP contribution in [0.5, 0.6) is 0 Å². The van der Waals surface area contributed by atoms with Crippen LogP contribution in [0.3, 0.4) is 0 Å². The molecule has 0 saturated heterocycles. The number of nitrogens with one attached hydrogen (secondary N) is 2. The zero-order valence-electron chi connectivity index (χ0n) is 12.3. The fraction of sp³-hybridized carbons (Fsp3) is 0.286. The minimum Gasteiger partial charge on any atom is -0.311 e. The van der Waals surface area contributed by atoms with E-state index in [1.54, 1.807) is 31.2 Å². The molecule has 1 aliphatic heterocycles. The highest BCUT2D eigenvalue weighted by molar-refractivity contribution is 7.89. The van der Waals surface area contributed by atoms with Crippen molar-refractivity contribution in [3.8, 4) is 0 Å². The second kappa shape index (κ2) is 5.22. The molecule has 1 aliphatic rings. The van der Waals surface area contributed by atoms with E-state index in [1.165, 1.54) is 11.2 Å². The Hall–Kier alpha value is -2.19. The van der Waals surface area contributed by atoms with Gasteiger partial charge < -0.3 is 5.32 Å². The Bertz CT molecular complexity index is 842. The van der Waals surface area contributed by atoms with Crippen molar-refractivity contribution < 1.29 is 13.2 Å². The van der Waals surface area contributed by atoms with E-state index in [9.17, 15) is 13.2 Å². The molecule has 1 amide bonds. The number of hydrogen-bond acceptors (Lipinski definition) is 4. The van der Waals surface area contributed by atoms with Crippen LogP contribution < -0.4 is 5.32 Å². The molecule has 0 atom stereocenters. The van der Waals surface area contributed by atoms with Crippen LogP contribution in [0.1, 0.15) is 23.7 Å². The van der Waals surface area contributed by atoms with Crippen molar-refractivity contribution >= 4 is 21.7 Å². The van der Waals surface area contributed by atoms with Crippen LogP contribution in [-0.4, -0.2) is 28.8 Å². The standard InChI is InChI=1S/C14H16N4O3S/c1-9-5-3-4-6-13(9)22(20,21)18-7-11-12(8-18)16-17-14(11)15-10(2)19/h3-6H,7-8H2,1-2H3,(H2,15,16,17,19). The molecule has 0 aliphatic carbocycles. The Labute approximate surface area is 128 Å². The van der Waals surface area contributed by atoms with Crippen LogP contribution in [0.4, 0.5) is 5.82 Å². The first-order valence-electron chi connectivity index (χ1n) is 6.79. The molecule has 0 saturated carbocycles.